The van der Waals surface area contributed by atoms with Gasteiger partial charge in [0.2, 0.25) is 0 Å². The van der Waals surface area contributed by atoms with E-state index in [-0.39, 0.29) is 30.7 Å². The van der Waals surface area contributed by atoms with Crippen LogP contribution in [-0.2, 0) is 17.8 Å². The Bertz CT molecular complexity index is 809. The van der Waals surface area contributed by atoms with Gasteiger partial charge < -0.3 is 9.64 Å². The lowest BCUT2D eigenvalue weighted by Crippen LogP contribution is -2.48. The quantitative estimate of drug-likeness (QED) is 0.503. The van der Waals surface area contributed by atoms with E-state index in [9.17, 15) is 35.9 Å². The predicted molar refractivity (Wildman–Crippen MR) is 94.1 cm³/mol. The highest BCUT2D eigenvalue weighted by Gasteiger charge is 2.60. The molecule has 2 fully saturated rings. The molecule has 0 aliphatic carbocycles. The van der Waals surface area contributed by atoms with Crippen molar-refractivity contribution in [2.45, 2.75) is 45.4 Å². The first-order chi connectivity index (χ1) is 14.3. The number of Topliss-reactive ketones (excluding diaryl/α,β-unsaturated/α-hetero) is 1. The van der Waals surface area contributed by atoms with Crippen molar-refractivity contribution in [1.82, 2.24) is 19.6 Å². The number of likely N-dealkylation sites (tertiary alicyclic amines) is 2. The van der Waals surface area contributed by atoms with Crippen LogP contribution in [0.25, 0.3) is 0 Å². The molecule has 7 nitrogen and oxygen atoms in total. The Hall–Kier alpha value is -2.31. The van der Waals surface area contributed by atoms with E-state index >= 15 is 0 Å². The molecule has 1 aromatic heterocycles. The number of ketones is 1. The summed E-state index contributed by atoms with van der Waals surface area (Å²) in [4.78, 5) is 26.7. The second-order valence-electron chi connectivity index (χ2n) is 7.88. The molecule has 0 spiro atoms. The summed E-state index contributed by atoms with van der Waals surface area (Å²) in [6.45, 7) is 5.35. The largest absolute Gasteiger partial charge is 0.434 e. The van der Waals surface area contributed by atoms with E-state index in [1.54, 1.807) is 10.9 Å². The fraction of sp³-hybridized carbons (Fsp3) is 0.722. The van der Waals surface area contributed by atoms with Gasteiger partial charge in [0, 0.05) is 58.0 Å². The molecule has 0 bridgehead atoms. The standard InChI is InChI=1S/C18H22F6N4O3/c1-3-28-9-13(14(25-28)10(2)29)6-26-4-11-7-27(8-12(11)5-26)16(30)31-15(17(19,20)21)18(22,23)24/h9,11-12,15H,3-8H2,1-2H3. The maximum Gasteiger partial charge on any atom is 0.434 e. The van der Waals surface area contributed by atoms with E-state index in [4.69, 9.17) is 0 Å². The van der Waals surface area contributed by atoms with E-state index in [2.05, 4.69) is 9.84 Å². The Morgan fingerprint density at radius 2 is 1.65 bits per heavy atom. The first-order valence-corrected chi connectivity index (χ1v) is 9.68. The molecule has 1 aromatic rings. The van der Waals surface area contributed by atoms with Gasteiger partial charge in [-0.2, -0.15) is 31.4 Å². The average molecular weight is 456 g/mol. The number of halogens is 6. The number of rotatable bonds is 5. The fourth-order valence-corrected chi connectivity index (χ4v) is 4.14. The molecule has 2 aliphatic rings. The minimum atomic E-state index is -5.74. The molecule has 2 saturated heterocycles. The number of hydrogen-bond donors (Lipinski definition) is 0. The maximum atomic E-state index is 12.6. The number of amides is 1. The molecule has 2 unspecified atom stereocenters. The monoisotopic (exact) mass is 456 g/mol. The zero-order valence-electron chi connectivity index (χ0n) is 16.8. The van der Waals surface area contributed by atoms with Crippen LogP contribution in [0.1, 0.15) is 29.9 Å². The van der Waals surface area contributed by atoms with Gasteiger partial charge in [0.15, 0.2) is 5.78 Å². The summed E-state index contributed by atoms with van der Waals surface area (Å²) in [5.74, 6) is -0.381. The van der Waals surface area contributed by atoms with Gasteiger partial charge in [-0.3, -0.25) is 14.4 Å². The molecule has 2 aliphatic heterocycles. The normalized spacial score (nSPS) is 22.3. The Balaban J connectivity index is 1.59. The Morgan fingerprint density at radius 3 is 2.10 bits per heavy atom. The van der Waals surface area contributed by atoms with E-state index in [0.29, 0.717) is 31.9 Å². The minimum Gasteiger partial charge on any atom is -0.426 e. The Morgan fingerprint density at radius 1 is 1.10 bits per heavy atom. The minimum absolute atomic E-state index is 0.0101. The van der Waals surface area contributed by atoms with Gasteiger partial charge in [0.1, 0.15) is 5.69 Å². The van der Waals surface area contributed by atoms with Gasteiger partial charge in [0.25, 0.3) is 6.10 Å². The number of nitrogens with zero attached hydrogens (tertiary/aromatic N) is 4. The van der Waals surface area contributed by atoms with Crippen LogP contribution in [0.5, 0.6) is 0 Å². The summed E-state index contributed by atoms with van der Waals surface area (Å²) in [7, 11) is 0. The van der Waals surface area contributed by atoms with Crippen LogP contribution in [0.2, 0.25) is 0 Å². The molecule has 0 saturated carbocycles. The van der Waals surface area contributed by atoms with Gasteiger partial charge in [-0.25, -0.2) is 4.79 Å². The molecule has 0 radical (unpaired) electrons. The fourth-order valence-electron chi connectivity index (χ4n) is 4.14. The topological polar surface area (TPSA) is 67.7 Å². The summed E-state index contributed by atoms with van der Waals surface area (Å²) >= 11 is 0. The lowest BCUT2D eigenvalue weighted by atomic mass is 10.0. The van der Waals surface area contributed by atoms with E-state index in [1.807, 2.05) is 11.8 Å². The van der Waals surface area contributed by atoms with Crippen LogP contribution >= 0.6 is 0 Å². The maximum absolute atomic E-state index is 12.6. The third-order valence-electron chi connectivity index (χ3n) is 5.52. The number of carbonyl (C=O) groups excluding carboxylic acids is 2. The summed E-state index contributed by atoms with van der Waals surface area (Å²) in [5.41, 5.74) is 1.12. The smallest absolute Gasteiger partial charge is 0.426 e. The zero-order valence-corrected chi connectivity index (χ0v) is 16.8. The van der Waals surface area contributed by atoms with Crippen molar-refractivity contribution >= 4 is 11.9 Å². The summed E-state index contributed by atoms with van der Waals surface area (Å²) < 4.78 is 81.1. The molecule has 31 heavy (non-hydrogen) atoms. The van der Waals surface area contributed by atoms with Crippen molar-refractivity contribution in [3.05, 3.63) is 17.5 Å². The SMILES string of the molecule is CCn1cc(CN2CC3CN(C(=O)OC(C(F)(F)F)C(F)(F)F)CC3C2)c(C(C)=O)n1. The van der Waals surface area contributed by atoms with Crippen molar-refractivity contribution in [3.63, 3.8) is 0 Å². The zero-order chi connectivity index (χ0) is 23.1. The van der Waals surface area contributed by atoms with Crippen LogP contribution < -0.4 is 0 Å². The average Bonchev–Trinajstić information content (AvgIpc) is 3.30. The molecule has 3 rings (SSSR count). The lowest BCUT2D eigenvalue weighted by molar-refractivity contribution is -0.308. The summed E-state index contributed by atoms with van der Waals surface area (Å²) in [6.07, 6.45) is -15.5. The van der Waals surface area contributed by atoms with Gasteiger partial charge in [-0.1, -0.05) is 0 Å². The van der Waals surface area contributed by atoms with Gasteiger partial charge in [-0.05, 0) is 18.8 Å². The Kier molecular flexibility index (Phi) is 6.27. The van der Waals surface area contributed by atoms with Gasteiger partial charge in [-0.15, -0.1) is 0 Å². The summed E-state index contributed by atoms with van der Waals surface area (Å²) in [6, 6.07) is 0. The second-order valence-corrected chi connectivity index (χ2v) is 7.88. The highest BCUT2D eigenvalue weighted by molar-refractivity contribution is 5.93. The number of carbonyl (C=O) groups is 2. The van der Waals surface area contributed by atoms with E-state index < -0.39 is 24.5 Å². The lowest BCUT2D eigenvalue weighted by Gasteiger charge is -2.26. The van der Waals surface area contributed by atoms with Crippen LogP contribution in [0.15, 0.2) is 6.20 Å². The van der Waals surface area contributed by atoms with E-state index in [0.717, 1.165) is 10.5 Å². The molecular weight excluding hydrogens is 434 g/mol. The second kappa shape index (κ2) is 8.32. The molecule has 0 aromatic carbocycles. The van der Waals surface area contributed by atoms with Crippen LogP contribution in [-0.4, -0.2) is 76.1 Å². The molecule has 3 heterocycles. The highest BCUT2D eigenvalue weighted by Crippen LogP contribution is 2.37. The predicted octanol–water partition coefficient (Wildman–Crippen LogP) is 3.10. The number of hydrogen-bond acceptors (Lipinski definition) is 5. The van der Waals surface area contributed by atoms with Crippen molar-refractivity contribution in [3.8, 4) is 0 Å². The molecular formula is C18H22F6N4O3. The van der Waals surface area contributed by atoms with Crippen LogP contribution in [0.4, 0.5) is 31.1 Å². The van der Waals surface area contributed by atoms with Crippen LogP contribution in [0, 0.1) is 11.8 Å². The molecule has 0 N–H and O–H groups in total. The molecule has 174 valence electrons. The van der Waals surface area contributed by atoms with Crippen molar-refractivity contribution in [2.75, 3.05) is 26.2 Å². The number of aryl methyl sites for hydroxylation is 1. The number of alkyl halides is 6. The van der Waals surface area contributed by atoms with Gasteiger partial charge in [0.05, 0.1) is 0 Å². The van der Waals surface area contributed by atoms with Crippen LogP contribution in [0.3, 0.4) is 0 Å². The van der Waals surface area contributed by atoms with Gasteiger partial charge >= 0.3 is 18.4 Å². The molecule has 2 atom stereocenters. The first-order valence-electron chi connectivity index (χ1n) is 9.68. The third-order valence-corrected chi connectivity index (χ3v) is 5.52. The van der Waals surface area contributed by atoms with Crippen molar-refractivity contribution < 1.29 is 40.7 Å². The molecule has 13 heteroatoms. The third kappa shape index (κ3) is 5.13. The van der Waals surface area contributed by atoms with Crippen molar-refractivity contribution in [2.24, 2.45) is 11.8 Å². The Labute approximate surface area is 173 Å². The first kappa shape index (κ1) is 23.4. The number of ether oxygens (including phenoxy) is 1. The highest BCUT2D eigenvalue weighted by atomic mass is 19.4. The van der Waals surface area contributed by atoms with E-state index in [1.165, 1.54) is 6.92 Å². The number of aromatic nitrogens is 2. The molecule has 1 amide bonds. The number of fused-ring (bicyclic) bond motifs is 1. The summed E-state index contributed by atoms with van der Waals surface area (Å²) in [5, 5.41) is 4.23. The van der Waals surface area contributed by atoms with Crippen molar-refractivity contribution in [1.29, 1.82) is 0 Å².